The Kier molecular flexibility index (Phi) is 4.67. The predicted octanol–water partition coefficient (Wildman–Crippen LogP) is 5.14. The van der Waals surface area contributed by atoms with Gasteiger partial charge in [0.15, 0.2) is 5.78 Å². The Balaban J connectivity index is 2.52. The number of nitrogens with zero attached hydrogens (tertiary/aromatic N) is 1. The minimum absolute atomic E-state index is 0.275. The topological polar surface area (TPSA) is 40.9 Å². The number of Topliss-reactive ketones (excluding diaryl/α,β-unsaturated/α-hetero) is 1. The zero-order valence-electron chi connectivity index (χ0n) is 10.1. The molecule has 100 valence electrons. The Labute approximate surface area is 131 Å². The van der Waals surface area contributed by atoms with Crippen LogP contribution in [0.3, 0.4) is 0 Å². The molecule has 0 aliphatic heterocycles. The third kappa shape index (κ3) is 2.81. The van der Waals surface area contributed by atoms with Gasteiger partial charge >= 0.3 is 0 Å². The van der Waals surface area contributed by atoms with E-state index in [0.717, 1.165) is 0 Å². The first kappa shape index (κ1) is 14.9. The minimum atomic E-state index is -1.09. The number of halogens is 3. The second-order valence-corrected chi connectivity index (χ2v) is 5.26. The van der Waals surface area contributed by atoms with E-state index in [1.165, 1.54) is 0 Å². The molecule has 2 nitrogen and oxygen atoms in total. The van der Waals surface area contributed by atoms with Gasteiger partial charge in [0.25, 0.3) is 0 Å². The van der Waals surface area contributed by atoms with E-state index < -0.39 is 11.7 Å². The van der Waals surface area contributed by atoms with Gasteiger partial charge in [0.2, 0.25) is 0 Å². The number of benzene rings is 2. The van der Waals surface area contributed by atoms with Crippen molar-refractivity contribution in [3.63, 3.8) is 0 Å². The lowest BCUT2D eigenvalue weighted by Crippen LogP contribution is -2.12. The monoisotopic (exact) mass is 323 g/mol. The average molecular weight is 325 g/mol. The van der Waals surface area contributed by atoms with Gasteiger partial charge in [-0.3, -0.25) is 4.79 Å². The van der Waals surface area contributed by atoms with Crippen molar-refractivity contribution < 1.29 is 4.79 Å². The largest absolute Gasteiger partial charge is 0.292 e. The summed E-state index contributed by atoms with van der Waals surface area (Å²) in [5.74, 6) is -1.51. The second kappa shape index (κ2) is 6.28. The zero-order valence-corrected chi connectivity index (χ0v) is 12.4. The molecule has 0 spiro atoms. The highest BCUT2D eigenvalue weighted by Crippen LogP contribution is 2.34. The highest BCUT2D eigenvalue weighted by atomic mass is 35.5. The molecular formula is C15H8Cl3NO. The molecule has 2 aromatic carbocycles. The fourth-order valence-electron chi connectivity index (χ4n) is 1.86. The SMILES string of the molecule is N#CC(C(=O)c1ccccc1Cl)c1c(Cl)cccc1Cl. The van der Waals surface area contributed by atoms with Crippen molar-refractivity contribution in [2.75, 3.05) is 0 Å². The summed E-state index contributed by atoms with van der Waals surface area (Å²) in [6.45, 7) is 0. The maximum atomic E-state index is 12.5. The molecular weight excluding hydrogens is 317 g/mol. The van der Waals surface area contributed by atoms with E-state index in [1.54, 1.807) is 42.5 Å². The number of hydrogen-bond acceptors (Lipinski definition) is 2. The van der Waals surface area contributed by atoms with Crippen LogP contribution in [0, 0.1) is 11.3 Å². The molecule has 0 radical (unpaired) electrons. The van der Waals surface area contributed by atoms with Crippen LogP contribution in [-0.2, 0) is 0 Å². The van der Waals surface area contributed by atoms with Crippen LogP contribution >= 0.6 is 34.8 Å². The Morgan fingerprint density at radius 3 is 2.05 bits per heavy atom. The van der Waals surface area contributed by atoms with Crippen LogP contribution in [0.15, 0.2) is 42.5 Å². The van der Waals surface area contributed by atoms with Crippen molar-refractivity contribution in [3.8, 4) is 6.07 Å². The Hall–Kier alpha value is -1.53. The predicted molar refractivity (Wildman–Crippen MR) is 80.6 cm³/mol. The molecule has 0 amide bonds. The minimum Gasteiger partial charge on any atom is -0.292 e. The number of carbonyl (C=O) groups is 1. The third-order valence-corrected chi connectivity index (χ3v) is 3.81. The molecule has 0 N–H and O–H groups in total. The summed E-state index contributed by atoms with van der Waals surface area (Å²) in [5, 5.41) is 10.2. The maximum Gasteiger partial charge on any atom is 0.186 e. The Morgan fingerprint density at radius 2 is 1.50 bits per heavy atom. The van der Waals surface area contributed by atoms with Gasteiger partial charge in [0.05, 0.1) is 11.1 Å². The molecule has 0 saturated heterocycles. The van der Waals surface area contributed by atoms with Gasteiger partial charge in [-0.1, -0.05) is 53.0 Å². The van der Waals surface area contributed by atoms with Crippen molar-refractivity contribution >= 4 is 40.6 Å². The van der Waals surface area contributed by atoms with E-state index in [4.69, 9.17) is 34.8 Å². The van der Waals surface area contributed by atoms with Gasteiger partial charge in [-0.05, 0) is 24.3 Å². The summed E-state index contributed by atoms with van der Waals surface area (Å²) in [4.78, 5) is 12.5. The van der Waals surface area contributed by atoms with Gasteiger partial charge in [0.1, 0.15) is 5.92 Å². The number of hydrogen-bond donors (Lipinski definition) is 0. The first-order chi connectivity index (χ1) is 9.56. The molecule has 0 fully saturated rings. The molecule has 0 aliphatic carbocycles. The van der Waals surface area contributed by atoms with Gasteiger partial charge in [-0.15, -0.1) is 0 Å². The summed E-state index contributed by atoms with van der Waals surface area (Å²) in [6.07, 6.45) is 0. The summed E-state index contributed by atoms with van der Waals surface area (Å²) in [7, 11) is 0. The van der Waals surface area contributed by atoms with E-state index in [9.17, 15) is 10.1 Å². The first-order valence-electron chi connectivity index (χ1n) is 5.68. The molecule has 0 saturated carbocycles. The zero-order chi connectivity index (χ0) is 14.7. The molecule has 5 heteroatoms. The summed E-state index contributed by atoms with van der Waals surface area (Å²) in [6, 6.07) is 13.3. The van der Waals surface area contributed by atoms with Crippen LogP contribution in [0.25, 0.3) is 0 Å². The highest BCUT2D eigenvalue weighted by molar-refractivity contribution is 6.37. The van der Waals surface area contributed by atoms with Crippen LogP contribution in [-0.4, -0.2) is 5.78 Å². The van der Waals surface area contributed by atoms with E-state index in [2.05, 4.69) is 0 Å². The maximum absolute atomic E-state index is 12.5. The van der Waals surface area contributed by atoms with E-state index in [0.29, 0.717) is 10.6 Å². The number of carbonyl (C=O) groups excluding carboxylic acids is 1. The van der Waals surface area contributed by atoms with Gasteiger partial charge in [0, 0.05) is 21.2 Å². The smallest absolute Gasteiger partial charge is 0.186 e. The normalized spacial score (nSPS) is 11.7. The first-order valence-corrected chi connectivity index (χ1v) is 6.82. The lowest BCUT2D eigenvalue weighted by molar-refractivity contribution is 0.0979. The number of rotatable bonds is 3. The molecule has 2 aromatic rings. The molecule has 0 bridgehead atoms. The number of nitriles is 1. The van der Waals surface area contributed by atoms with E-state index in [-0.39, 0.29) is 15.6 Å². The van der Waals surface area contributed by atoms with Crippen molar-refractivity contribution in [3.05, 3.63) is 68.7 Å². The molecule has 2 rings (SSSR count). The molecule has 0 aliphatic rings. The van der Waals surface area contributed by atoms with Crippen LogP contribution in [0.4, 0.5) is 0 Å². The quantitative estimate of drug-likeness (QED) is 0.734. The number of ketones is 1. The van der Waals surface area contributed by atoms with Crippen LogP contribution in [0.5, 0.6) is 0 Å². The van der Waals surface area contributed by atoms with Crippen LogP contribution in [0.1, 0.15) is 21.8 Å². The Bertz CT molecular complexity index is 686. The summed E-state index contributed by atoms with van der Waals surface area (Å²) < 4.78 is 0. The molecule has 0 aromatic heterocycles. The Morgan fingerprint density at radius 1 is 0.950 bits per heavy atom. The summed E-state index contributed by atoms with van der Waals surface area (Å²) in [5.41, 5.74) is 0.583. The van der Waals surface area contributed by atoms with E-state index in [1.807, 2.05) is 6.07 Å². The van der Waals surface area contributed by atoms with Crippen LogP contribution < -0.4 is 0 Å². The van der Waals surface area contributed by atoms with E-state index >= 15 is 0 Å². The molecule has 1 atom stereocenters. The molecule has 1 unspecified atom stereocenters. The second-order valence-electron chi connectivity index (χ2n) is 4.04. The fourth-order valence-corrected chi connectivity index (χ4v) is 2.70. The fraction of sp³-hybridized carbons (Fsp3) is 0.0667. The van der Waals surface area contributed by atoms with Crippen LogP contribution in [0.2, 0.25) is 15.1 Å². The highest BCUT2D eigenvalue weighted by Gasteiger charge is 2.27. The van der Waals surface area contributed by atoms with Crippen molar-refractivity contribution in [2.45, 2.75) is 5.92 Å². The van der Waals surface area contributed by atoms with Crippen molar-refractivity contribution in [1.82, 2.24) is 0 Å². The molecule has 0 heterocycles. The third-order valence-electron chi connectivity index (χ3n) is 2.82. The standard InChI is InChI=1S/C15H8Cl3NO/c16-11-5-2-1-4-9(11)15(20)10(8-19)14-12(17)6-3-7-13(14)18/h1-7,10H. The lowest BCUT2D eigenvalue weighted by atomic mass is 9.91. The van der Waals surface area contributed by atoms with Gasteiger partial charge < -0.3 is 0 Å². The summed E-state index contributed by atoms with van der Waals surface area (Å²) >= 11 is 18.1. The lowest BCUT2D eigenvalue weighted by Gasteiger charge is -2.13. The van der Waals surface area contributed by atoms with Crippen molar-refractivity contribution in [1.29, 1.82) is 5.26 Å². The van der Waals surface area contributed by atoms with Crippen molar-refractivity contribution in [2.24, 2.45) is 0 Å². The average Bonchev–Trinajstić information content (AvgIpc) is 2.43. The molecule has 20 heavy (non-hydrogen) atoms. The van der Waals surface area contributed by atoms with Gasteiger partial charge in [-0.2, -0.15) is 5.26 Å². The van der Waals surface area contributed by atoms with Gasteiger partial charge in [-0.25, -0.2) is 0 Å².